The number of rotatable bonds is 1. The molecule has 2 heterocycles. The predicted octanol–water partition coefficient (Wildman–Crippen LogP) is 7.00. The van der Waals surface area contributed by atoms with E-state index >= 15 is 0 Å². The minimum absolute atomic E-state index is 0.427. The van der Waals surface area contributed by atoms with Crippen LogP contribution in [0.4, 0.5) is 5.69 Å². The van der Waals surface area contributed by atoms with Crippen LogP contribution in [0.2, 0.25) is 5.02 Å². The highest BCUT2D eigenvalue weighted by molar-refractivity contribution is 9.10. The van der Waals surface area contributed by atoms with Gasteiger partial charge in [-0.2, -0.15) is 0 Å². The Hall–Kier alpha value is -1.51. The van der Waals surface area contributed by atoms with Crippen LogP contribution in [0.25, 0.3) is 0 Å². The Morgan fingerprint density at radius 2 is 1.63 bits per heavy atom. The van der Waals surface area contributed by atoms with Crippen LogP contribution in [0.3, 0.4) is 0 Å². The van der Waals surface area contributed by atoms with Crippen LogP contribution in [-0.4, -0.2) is 6.54 Å². The molecule has 0 unspecified atom stereocenters. The van der Waals surface area contributed by atoms with E-state index in [0.29, 0.717) is 29.7 Å². The molecule has 1 nitrogen and oxygen atoms in total. The molecule has 0 amide bonds. The molecule has 0 saturated carbocycles. The second-order valence-electron chi connectivity index (χ2n) is 8.38. The second-order valence-corrected chi connectivity index (χ2v) is 9.74. The van der Waals surface area contributed by atoms with E-state index in [-0.39, 0.29) is 0 Å². The van der Waals surface area contributed by atoms with Gasteiger partial charge in [0.15, 0.2) is 0 Å². The molecule has 2 aromatic rings. The van der Waals surface area contributed by atoms with Gasteiger partial charge in [0.2, 0.25) is 0 Å². The minimum atomic E-state index is 0.427. The molecule has 136 valence electrons. The SMILES string of the molecule is Clc1ccc([C@@H]2[C@@H]3CC=C[C@@H]3c3cc(Br)cc4c3N2C[C@H]2CC=C[C@H]42)cc1. The van der Waals surface area contributed by atoms with Crippen LogP contribution < -0.4 is 4.90 Å². The highest BCUT2D eigenvalue weighted by Gasteiger charge is 2.47. The molecular weight excluding hydrogens is 418 g/mol. The van der Waals surface area contributed by atoms with Crippen molar-refractivity contribution in [3.8, 4) is 0 Å². The normalized spacial score (nSPS) is 32.4. The van der Waals surface area contributed by atoms with Gasteiger partial charge in [-0.1, -0.05) is 64.0 Å². The van der Waals surface area contributed by atoms with Gasteiger partial charge < -0.3 is 4.90 Å². The van der Waals surface area contributed by atoms with E-state index in [9.17, 15) is 0 Å². The summed E-state index contributed by atoms with van der Waals surface area (Å²) in [5.41, 5.74) is 5.94. The van der Waals surface area contributed by atoms with Crippen molar-refractivity contribution < 1.29 is 0 Å². The maximum atomic E-state index is 6.20. The zero-order valence-corrected chi connectivity index (χ0v) is 17.3. The molecule has 0 radical (unpaired) electrons. The fraction of sp³-hybridized carbons (Fsp3) is 0.333. The van der Waals surface area contributed by atoms with Crippen LogP contribution in [-0.2, 0) is 0 Å². The molecule has 3 heteroatoms. The maximum absolute atomic E-state index is 6.20. The number of allylic oxidation sites excluding steroid dienone is 4. The third kappa shape index (κ3) is 2.36. The van der Waals surface area contributed by atoms with E-state index in [1.54, 1.807) is 0 Å². The molecule has 0 bridgehead atoms. The van der Waals surface area contributed by atoms with Crippen molar-refractivity contribution in [1.29, 1.82) is 0 Å². The minimum Gasteiger partial charge on any atom is -0.363 e. The first-order valence-electron chi connectivity index (χ1n) is 9.89. The molecule has 0 aromatic heterocycles. The van der Waals surface area contributed by atoms with Crippen LogP contribution in [0.5, 0.6) is 0 Å². The van der Waals surface area contributed by atoms with E-state index < -0.39 is 0 Å². The van der Waals surface area contributed by atoms with Crippen LogP contribution in [0.15, 0.2) is 65.2 Å². The van der Waals surface area contributed by atoms with Gasteiger partial charge in [0.1, 0.15) is 0 Å². The van der Waals surface area contributed by atoms with Crippen LogP contribution >= 0.6 is 27.5 Å². The molecule has 2 aliphatic carbocycles. The predicted molar refractivity (Wildman–Crippen MR) is 116 cm³/mol. The molecule has 6 rings (SSSR count). The summed E-state index contributed by atoms with van der Waals surface area (Å²) in [6, 6.07) is 13.8. The Bertz CT molecular complexity index is 959. The summed E-state index contributed by atoms with van der Waals surface area (Å²) in [4.78, 5) is 2.74. The van der Waals surface area contributed by atoms with E-state index in [4.69, 9.17) is 11.6 Å². The van der Waals surface area contributed by atoms with E-state index in [1.807, 2.05) is 0 Å². The first-order chi connectivity index (χ1) is 13.2. The van der Waals surface area contributed by atoms with Gasteiger partial charge in [0, 0.05) is 33.6 Å². The van der Waals surface area contributed by atoms with Crippen molar-refractivity contribution in [3.63, 3.8) is 0 Å². The van der Waals surface area contributed by atoms with Gasteiger partial charge in [0.25, 0.3) is 0 Å². The number of anilines is 1. The average Bonchev–Trinajstić information content (AvgIpc) is 3.32. The number of halogens is 2. The van der Waals surface area contributed by atoms with Gasteiger partial charge in [0.05, 0.1) is 6.04 Å². The number of benzene rings is 2. The van der Waals surface area contributed by atoms with Crippen molar-refractivity contribution in [2.24, 2.45) is 11.8 Å². The Balaban J connectivity index is 1.59. The van der Waals surface area contributed by atoms with Crippen molar-refractivity contribution in [1.82, 2.24) is 0 Å². The van der Waals surface area contributed by atoms with Gasteiger partial charge in [-0.15, -0.1) is 0 Å². The number of nitrogens with zero attached hydrogens (tertiary/aromatic N) is 1. The maximum Gasteiger partial charge on any atom is 0.0582 e. The summed E-state index contributed by atoms with van der Waals surface area (Å²) < 4.78 is 1.22. The van der Waals surface area contributed by atoms with Gasteiger partial charge in [-0.25, -0.2) is 0 Å². The number of hydrogen-bond donors (Lipinski definition) is 0. The summed E-state index contributed by atoms with van der Waals surface area (Å²) >= 11 is 10.0. The molecule has 27 heavy (non-hydrogen) atoms. The second kappa shape index (κ2) is 5.99. The van der Waals surface area contributed by atoms with Gasteiger partial charge in [-0.05, 0) is 65.6 Å². The molecule has 5 atom stereocenters. The Labute approximate surface area is 173 Å². The monoisotopic (exact) mass is 437 g/mol. The zero-order chi connectivity index (χ0) is 18.1. The zero-order valence-electron chi connectivity index (χ0n) is 15.0. The molecule has 0 N–H and O–H groups in total. The Kier molecular flexibility index (Phi) is 3.65. The van der Waals surface area contributed by atoms with Crippen molar-refractivity contribution in [2.75, 3.05) is 11.4 Å². The first-order valence-corrected chi connectivity index (χ1v) is 11.1. The smallest absolute Gasteiger partial charge is 0.0582 e. The van der Waals surface area contributed by atoms with Gasteiger partial charge >= 0.3 is 0 Å². The van der Waals surface area contributed by atoms with E-state index in [0.717, 1.165) is 18.0 Å². The van der Waals surface area contributed by atoms with Crippen molar-refractivity contribution in [2.45, 2.75) is 30.7 Å². The van der Waals surface area contributed by atoms with Gasteiger partial charge in [-0.3, -0.25) is 0 Å². The number of hydrogen-bond acceptors (Lipinski definition) is 1. The molecular formula is C24H21BrClN. The number of fused-ring (bicyclic) bond motifs is 4. The topological polar surface area (TPSA) is 3.24 Å². The standard InChI is InChI=1S/C24H21BrClN/c25-16-11-21-18-4-1-3-15(18)13-27-23(14-7-9-17(26)10-8-14)20-6-2-5-19(20)22(12-16)24(21)27/h1-2,4-5,7-12,15,18-20,23H,3,6,13H2/t15-,18+,19+,20-,23-/m1/s1. The summed E-state index contributed by atoms with van der Waals surface area (Å²) in [7, 11) is 0. The molecule has 2 aliphatic heterocycles. The fourth-order valence-electron chi connectivity index (χ4n) is 5.98. The highest BCUT2D eigenvalue weighted by atomic mass is 79.9. The molecule has 0 fully saturated rings. The Morgan fingerprint density at radius 3 is 2.44 bits per heavy atom. The van der Waals surface area contributed by atoms with E-state index in [2.05, 4.69) is 81.5 Å². The fourth-order valence-corrected chi connectivity index (χ4v) is 6.60. The molecule has 0 spiro atoms. The summed E-state index contributed by atoms with van der Waals surface area (Å²) in [5, 5.41) is 0.819. The molecule has 4 aliphatic rings. The third-order valence-corrected chi connectivity index (χ3v) is 7.74. The van der Waals surface area contributed by atoms with Crippen molar-refractivity contribution in [3.05, 3.63) is 86.9 Å². The lowest BCUT2D eigenvalue weighted by molar-refractivity contribution is 0.335. The summed E-state index contributed by atoms with van der Waals surface area (Å²) in [6.07, 6.45) is 12.0. The quantitative estimate of drug-likeness (QED) is 0.433. The molecule has 0 saturated heterocycles. The lowest BCUT2D eigenvalue weighted by Crippen LogP contribution is -2.46. The lowest BCUT2D eigenvalue weighted by atomic mass is 9.71. The first kappa shape index (κ1) is 16.4. The molecule has 2 aromatic carbocycles. The summed E-state index contributed by atoms with van der Waals surface area (Å²) in [6.45, 7) is 1.15. The van der Waals surface area contributed by atoms with Crippen LogP contribution in [0, 0.1) is 11.8 Å². The average molecular weight is 439 g/mol. The van der Waals surface area contributed by atoms with Crippen LogP contribution in [0.1, 0.15) is 47.4 Å². The highest BCUT2D eigenvalue weighted by Crippen LogP contribution is 2.59. The van der Waals surface area contributed by atoms with E-state index in [1.165, 1.54) is 33.3 Å². The van der Waals surface area contributed by atoms with Crippen molar-refractivity contribution >= 4 is 33.2 Å². The summed E-state index contributed by atoms with van der Waals surface area (Å²) in [5.74, 6) is 2.38. The largest absolute Gasteiger partial charge is 0.363 e. The lowest BCUT2D eigenvalue weighted by Gasteiger charge is -2.51. The third-order valence-electron chi connectivity index (χ3n) is 7.03. The Morgan fingerprint density at radius 1 is 0.926 bits per heavy atom.